The second-order valence-corrected chi connectivity index (χ2v) is 8.60. The number of pyridine rings is 1. The summed E-state index contributed by atoms with van der Waals surface area (Å²) in [5.41, 5.74) is 1.26. The number of aromatic nitrogens is 2. The summed E-state index contributed by atoms with van der Waals surface area (Å²) in [5.74, 6) is 0. The van der Waals surface area contributed by atoms with Crippen LogP contribution in [-0.4, -0.2) is 55.1 Å². The number of rotatable bonds is 5. The smallest absolute Gasteiger partial charge is 0.268 e. The van der Waals surface area contributed by atoms with E-state index in [0.717, 1.165) is 19.6 Å². The molecule has 0 unspecified atom stereocenters. The topological polar surface area (TPSA) is 64.4 Å². The molecule has 1 aliphatic rings. The van der Waals surface area contributed by atoms with E-state index in [1.165, 1.54) is 10.2 Å². The molecule has 1 fully saturated rings. The van der Waals surface area contributed by atoms with E-state index in [9.17, 15) is 8.42 Å². The molecule has 0 saturated carbocycles. The molecule has 3 heterocycles. The van der Waals surface area contributed by atoms with E-state index in [2.05, 4.69) is 9.88 Å². The number of benzene rings is 1. The van der Waals surface area contributed by atoms with Crippen LogP contribution in [0.15, 0.2) is 53.6 Å². The van der Waals surface area contributed by atoms with Gasteiger partial charge in [-0.3, -0.25) is 4.90 Å². The van der Waals surface area contributed by atoms with Crippen molar-refractivity contribution >= 4 is 32.5 Å². The van der Waals surface area contributed by atoms with Gasteiger partial charge in [-0.25, -0.2) is 17.4 Å². The first kappa shape index (κ1) is 18.4. The van der Waals surface area contributed by atoms with E-state index >= 15 is 0 Å². The highest BCUT2D eigenvalue weighted by Crippen LogP contribution is 2.29. The molecule has 0 spiro atoms. The molecule has 1 aromatic carbocycles. The third-order valence-corrected chi connectivity index (χ3v) is 6.86. The van der Waals surface area contributed by atoms with Gasteiger partial charge in [-0.05, 0) is 24.3 Å². The Morgan fingerprint density at radius 2 is 1.85 bits per heavy atom. The van der Waals surface area contributed by atoms with E-state index in [1.807, 2.05) is 6.07 Å². The molecule has 142 valence electrons. The first-order valence-corrected chi connectivity index (χ1v) is 10.6. The zero-order valence-electron chi connectivity index (χ0n) is 14.7. The van der Waals surface area contributed by atoms with E-state index in [-0.39, 0.29) is 4.90 Å². The van der Waals surface area contributed by atoms with Crippen molar-refractivity contribution in [3.63, 3.8) is 0 Å². The van der Waals surface area contributed by atoms with E-state index in [0.29, 0.717) is 41.4 Å². The molecule has 1 saturated heterocycles. The van der Waals surface area contributed by atoms with Crippen LogP contribution in [0.25, 0.3) is 10.9 Å². The number of morpholine rings is 1. The highest BCUT2D eigenvalue weighted by molar-refractivity contribution is 7.90. The number of nitrogens with zero attached hydrogens (tertiary/aromatic N) is 3. The van der Waals surface area contributed by atoms with Crippen LogP contribution in [0.3, 0.4) is 0 Å². The van der Waals surface area contributed by atoms with Crippen LogP contribution in [0, 0.1) is 0 Å². The second kappa shape index (κ2) is 7.59. The fraction of sp³-hybridized carbons (Fsp3) is 0.316. The minimum Gasteiger partial charge on any atom is -0.379 e. The quantitative estimate of drug-likeness (QED) is 0.611. The van der Waals surface area contributed by atoms with E-state index in [1.54, 1.807) is 36.4 Å². The van der Waals surface area contributed by atoms with Crippen molar-refractivity contribution in [1.29, 1.82) is 0 Å². The minimum atomic E-state index is -3.74. The van der Waals surface area contributed by atoms with Gasteiger partial charge < -0.3 is 4.74 Å². The Labute approximate surface area is 163 Å². The maximum Gasteiger partial charge on any atom is 0.268 e. The summed E-state index contributed by atoms with van der Waals surface area (Å²) in [6.45, 7) is 3.89. The number of hydrogen-bond donors (Lipinski definition) is 0. The van der Waals surface area contributed by atoms with Gasteiger partial charge in [-0.2, -0.15) is 0 Å². The summed E-state index contributed by atoms with van der Waals surface area (Å²) in [6, 6.07) is 12.0. The molecule has 4 rings (SSSR count). The molecule has 27 heavy (non-hydrogen) atoms. The number of hydrogen-bond acceptors (Lipinski definition) is 5. The lowest BCUT2D eigenvalue weighted by Gasteiger charge is -2.26. The molecule has 3 aromatic rings. The zero-order chi connectivity index (χ0) is 18.9. The molecule has 0 aliphatic carbocycles. The molecule has 0 amide bonds. The average molecular weight is 406 g/mol. The van der Waals surface area contributed by atoms with Gasteiger partial charge in [0.15, 0.2) is 0 Å². The first-order valence-electron chi connectivity index (χ1n) is 8.83. The van der Waals surface area contributed by atoms with Gasteiger partial charge in [0.1, 0.15) is 5.15 Å². The highest BCUT2D eigenvalue weighted by atomic mass is 35.5. The normalized spacial score (nSPS) is 16.0. The van der Waals surface area contributed by atoms with Crippen LogP contribution in [0.4, 0.5) is 0 Å². The first-order chi connectivity index (χ1) is 13.1. The average Bonchev–Trinajstić information content (AvgIpc) is 3.08. The molecular formula is C19H20ClN3O3S. The molecule has 1 aliphatic heterocycles. The Morgan fingerprint density at radius 1 is 1.11 bits per heavy atom. The number of ether oxygens (including phenoxy) is 1. The Kier molecular flexibility index (Phi) is 5.19. The van der Waals surface area contributed by atoms with Crippen molar-refractivity contribution in [1.82, 2.24) is 13.9 Å². The van der Waals surface area contributed by atoms with Gasteiger partial charge in [-0.1, -0.05) is 29.8 Å². The third kappa shape index (κ3) is 3.60. The predicted molar refractivity (Wildman–Crippen MR) is 105 cm³/mol. The Hall–Kier alpha value is -1.93. The van der Waals surface area contributed by atoms with Gasteiger partial charge in [0.2, 0.25) is 0 Å². The van der Waals surface area contributed by atoms with Crippen molar-refractivity contribution in [2.24, 2.45) is 0 Å². The van der Waals surface area contributed by atoms with Crippen LogP contribution >= 0.6 is 11.6 Å². The summed E-state index contributed by atoms with van der Waals surface area (Å²) in [5, 5.41) is 0.956. The third-order valence-electron chi connectivity index (χ3n) is 4.78. The van der Waals surface area contributed by atoms with Crippen molar-refractivity contribution in [2.45, 2.75) is 11.3 Å². The van der Waals surface area contributed by atoms with E-state index in [4.69, 9.17) is 16.3 Å². The largest absolute Gasteiger partial charge is 0.379 e. The number of halogens is 1. The fourth-order valence-corrected chi connectivity index (χ4v) is 5.17. The maximum atomic E-state index is 13.4. The molecule has 0 atom stereocenters. The van der Waals surface area contributed by atoms with E-state index < -0.39 is 10.0 Å². The summed E-state index contributed by atoms with van der Waals surface area (Å²) in [6.07, 6.45) is 2.13. The number of fused-ring (bicyclic) bond motifs is 1. The molecular weight excluding hydrogens is 386 g/mol. The van der Waals surface area contributed by atoms with Crippen LogP contribution in [-0.2, 0) is 21.2 Å². The van der Waals surface area contributed by atoms with Gasteiger partial charge in [0.05, 0.1) is 23.6 Å². The Bertz CT molecular complexity index is 1040. The molecule has 0 bridgehead atoms. The van der Waals surface area contributed by atoms with Crippen molar-refractivity contribution in [2.75, 3.05) is 32.8 Å². The highest BCUT2D eigenvalue weighted by Gasteiger charge is 2.24. The van der Waals surface area contributed by atoms with Crippen LogP contribution < -0.4 is 0 Å². The summed E-state index contributed by atoms with van der Waals surface area (Å²) >= 11 is 6.24. The molecule has 2 aromatic heterocycles. The van der Waals surface area contributed by atoms with Crippen LogP contribution in [0.2, 0.25) is 5.15 Å². The van der Waals surface area contributed by atoms with Crippen LogP contribution in [0.5, 0.6) is 0 Å². The lowest BCUT2D eigenvalue weighted by molar-refractivity contribution is 0.0383. The molecule has 0 radical (unpaired) electrons. The lowest BCUT2D eigenvalue weighted by Crippen LogP contribution is -2.37. The maximum absolute atomic E-state index is 13.4. The predicted octanol–water partition coefficient (Wildman–Crippen LogP) is 2.80. The standard InChI is InChI=1S/C19H20ClN3O3S/c20-19-17-14-15(7-9-22-10-12-26-13-11-22)23(18(17)6-8-21-19)27(24,25)16-4-2-1-3-5-16/h1-6,8,14H,7,9-13H2. The second-order valence-electron chi connectivity index (χ2n) is 6.46. The van der Waals surface area contributed by atoms with Crippen LogP contribution in [0.1, 0.15) is 5.69 Å². The monoisotopic (exact) mass is 405 g/mol. The van der Waals surface area contributed by atoms with Crippen molar-refractivity contribution in [3.8, 4) is 0 Å². The minimum absolute atomic E-state index is 0.253. The molecule has 6 nitrogen and oxygen atoms in total. The van der Waals surface area contributed by atoms with Gasteiger partial charge in [0, 0.05) is 43.3 Å². The summed E-state index contributed by atoms with van der Waals surface area (Å²) in [4.78, 5) is 6.63. The SMILES string of the molecule is O=S(=O)(c1ccccc1)n1c(CCN2CCOCC2)cc2c(Cl)nccc21. The van der Waals surface area contributed by atoms with Gasteiger partial charge in [0.25, 0.3) is 10.0 Å². The Morgan fingerprint density at radius 3 is 2.59 bits per heavy atom. The van der Waals surface area contributed by atoms with Crippen molar-refractivity contribution < 1.29 is 13.2 Å². The van der Waals surface area contributed by atoms with Gasteiger partial charge in [-0.15, -0.1) is 0 Å². The zero-order valence-corrected chi connectivity index (χ0v) is 16.3. The van der Waals surface area contributed by atoms with Crippen molar-refractivity contribution in [3.05, 3.63) is 59.5 Å². The summed E-state index contributed by atoms with van der Waals surface area (Å²) in [7, 11) is -3.74. The Balaban J connectivity index is 1.78. The van der Waals surface area contributed by atoms with Gasteiger partial charge >= 0.3 is 0 Å². The molecule has 0 N–H and O–H groups in total. The lowest BCUT2D eigenvalue weighted by atomic mass is 10.2. The fourth-order valence-electron chi connectivity index (χ4n) is 3.38. The molecule has 8 heteroatoms. The summed E-state index contributed by atoms with van der Waals surface area (Å²) < 4.78 is 33.5.